The van der Waals surface area contributed by atoms with Crippen LogP contribution in [0.25, 0.3) is 0 Å². The van der Waals surface area contributed by atoms with Gasteiger partial charge >= 0.3 is 0 Å². The Morgan fingerprint density at radius 1 is 0.649 bits per heavy atom. The molecule has 0 radical (unpaired) electrons. The molecule has 0 aliphatic carbocycles. The minimum atomic E-state index is -1.82. The molecule has 2 heterocycles. The summed E-state index contributed by atoms with van der Waals surface area (Å²) in [4.78, 5) is 0. The standard InChI is InChI=1S/C22H42O15/c1-22(2,3)4-8(24)12(26)13(27)9(25)6-34-20-19(33)17(31)15(29)11(37-20)7-35-21-18(32)16(30)14(28)10(5-23)36-21/h8-21,23-33H,4-7H2,1-3H3/t8?,9-,10-,11-,12-,13-,14-,15-,16+,17+,18-,19-,20-,21-/m1/s1. The predicted octanol–water partition coefficient (Wildman–Crippen LogP) is -5.49. The SMILES string of the molecule is CC(C)(C)CC(O)[C@@H](O)[C@H](O)[C@H](O)CO[C@@H]1O[C@H](CO[C@@H]2O[C@H](CO)[C@@H](O)[C@H](O)[C@H]2O)[C@@H](O)[C@H](O)[C@H]1O. The highest BCUT2D eigenvalue weighted by molar-refractivity contribution is 4.92. The molecule has 37 heavy (non-hydrogen) atoms. The van der Waals surface area contributed by atoms with Crippen molar-refractivity contribution in [1.82, 2.24) is 0 Å². The Labute approximate surface area is 214 Å². The molecule has 0 bridgehead atoms. The first kappa shape index (κ1) is 32.6. The molecular weight excluding hydrogens is 504 g/mol. The fourth-order valence-electron chi connectivity index (χ4n) is 4.08. The highest BCUT2D eigenvalue weighted by atomic mass is 16.7. The summed E-state index contributed by atoms with van der Waals surface area (Å²) in [6.45, 7) is 3.47. The van der Waals surface area contributed by atoms with Gasteiger partial charge in [-0.25, -0.2) is 0 Å². The lowest BCUT2D eigenvalue weighted by molar-refractivity contribution is -0.333. The minimum absolute atomic E-state index is 0.128. The summed E-state index contributed by atoms with van der Waals surface area (Å²) in [6.07, 6.45) is -22.6. The van der Waals surface area contributed by atoms with E-state index in [-0.39, 0.29) is 11.8 Å². The van der Waals surface area contributed by atoms with Crippen molar-refractivity contribution in [3.63, 3.8) is 0 Å². The van der Waals surface area contributed by atoms with Crippen molar-refractivity contribution in [1.29, 1.82) is 0 Å². The smallest absolute Gasteiger partial charge is 0.186 e. The summed E-state index contributed by atoms with van der Waals surface area (Å²) >= 11 is 0. The van der Waals surface area contributed by atoms with E-state index in [1.165, 1.54) is 0 Å². The van der Waals surface area contributed by atoms with Gasteiger partial charge < -0.3 is 75.1 Å². The van der Waals surface area contributed by atoms with E-state index in [1.54, 1.807) is 0 Å². The van der Waals surface area contributed by atoms with Crippen LogP contribution >= 0.6 is 0 Å². The van der Waals surface area contributed by atoms with Gasteiger partial charge in [-0.1, -0.05) is 20.8 Å². The van der Waals surface area contributed by atoms with Gasteiger partial charge in [0, 0.05) is 0 Å². The monoisotopic (exact) mass is 546 g/mol. The zero-order valence-corrected chi connectivity index (χ0v) is 21.0. The maximum Gasteiger partial charge on any atom is 0.186 e. The molecule has 0 saturated carbocycles. The summed E-state index contributed by atoms with van der Waals surface area (Å²) in [6, 6.07) is 0. The third-order valence-corrected chi connectivity index (χ3v) is 6.33. The van der Waals surface area contributed by atoms with Crippen molar-refractivity contribution in [2.75, 3.05) is 19.8 Å². The first-order chi connectivity index (χ1) is 17.1. The summed E-state index contributed by atoms with van der Waals surface area (Å²) in [5.41, 5.74) is -0.370. The molecule has 11 N–H and O–H groups in total. The molecule has 2 aliphatic heterocycles. The fraction of sp³-hybridized carbons (Fsp3) is 1.00. The van der Waals surface area contributed by atoms with Gasteiger partial charge in [0.1, 0.15) is 67.1 Å². The number of aliphatic hydroxyl groups is 11. The molecule has 0 aromatic carbocycles. The van der Waals surface area contributed by atoms with E-state index < -0.39 is 106 Å². The van der Waals surface area contributed by atoms with Gasteiger partial charge in [-0.2, -0.15) is 0 Å². The van der Waals surface area contributed by atoms with Gasteiger partial charge in [-0.05, 0) is 11.8 Å². The molecule has 220 valence electrons. The number of hydrogen-bond donors (Lipinski definition) is 11. The summed E-state index contributed by atoms with van der Waals surface area (Å²) in [7, 11) is 0. The van der Waals surface area contributed by atoms with Crippen molar-refractivity contribution < 1.29 is 75.1 Å². The van der Waals surface area contributed by atoms with Crippen LogP contribution < -0.4 is 0 Å². The Morgan fingerprint density at radius 3 is 1.62 bits per heavy atom. The zero-order valence-electron chi connectivity index (χ0n) is 21.0. The molecule has 14 atom stereocenters. The van der Waals surface area contributed by atoms with E-state index in [9.17, 15) is 56.2 Å². The van der Waals surface area contributed by atoms with Gasteiger partial charge in [0.05, 0.1) is 25.9 Å². The lowest BCUT2D eigenvalue weighted by Gasteiger charge is -2.42. The largest absolute Gasteiger partial charge is 0.394 e. The molecular formula is C22H42O15. The maximum atomic E-state index is 10.3. The van der Waals surface area contributed by atoms with E-state index in [1.807, 2.05) is 20.8 Å². The average molecular weight is 547 g/mol. The van der Waals surface area contributed by atoms with Crippen LogP contribution in [0.15, 0.2) is 0 Å². The van der Waals surface area contributed by atoms with Crippen LogP contribution in [-0.2, 0) is 18.9 Å². The van der Waals surface area contributed by atoms with E-state index in [0.29, 0.717) is 0 Å². The minimum Gasteiger partial charge on any atom is -0.394 e. The number of ether oxygens (including phenoxy) is 4. The molecule has 2 aliphatic rings. The van der Waals surface area contributed by atoms with E-state index >= 15 is 0 Å². The Balaban J connectivity index is 1.94. The molecule has 2 fully saturated rings. The second kappa shape index (κ2) is 13.6. The third-order valence-electron chi connectivity index (χ3n) is 6.33. The molecule has 0 aromatic rings. The van der Waals surface area contributed by atoms with Crippen LogP contribution in [0.4, 0.5) is 0 Å². The molecule has 0 spiro atoms. The van der Waals surface area contributed by atoms with Gasteiger partial charge in [-0.3, -0.25) is 0 Å². The second-order valence-electron chi connectivity index (χ2n) is 10.8. The molecule has 0 aromatic heterocycles. The fourth-order valence-corrected chi connectivity index (χ4v) is 4.08. The van der Waals surface area contributed by atoms with Gasteiger partial charge in [-0.15, -0.1) is 0 Å². The summed E-state index contributed by atoms with van der Waals surface area (Å²) < 4.78 is 21.2. The quantitative estimate of drug-likeness (QED) is 0.115. The first-order valence-corrected chi connectivity index (χ1v) is 12.0. The number of aliphatic hydroxyl groups excluding tert-OH is 11. The van der Waals surface area contributed by atoms with E-state index in [4.69, 9.17) is 18.9 Å². The molecule has 15 nitrogen and oxygen atoms in total. The second-order valence-corrected chi connectivity index (χ2v) is 10.8. The van der Waals surface area contributed by atoms with Crippen molar-refractivity contribution in [2.24, 2.45) is 5.41 Å². The molecule has 2 rings (SSSR count). The topological polar surface area (TPSA) is 259 Å². The van der Waals surface area contributed by atoms with Crippen LogP contribution in [0.1, 0.15) is 27.2 Å². The highest BCUT2D eigenvalue weighted by Gasteiger charge is 2.47. The van der Waals surface area contributed by atoms with E-state index in [2.05, 4.69) is 0 Å². The Bertz CT molecular complexity index is 675. The Hall–Kier alpha value is -0.600. The van der Waals surface area contributed by atoms with Crippen LogP contribution in [-0.4, -0.2) is 162 Å². The third kappa shape index (κ3) is 8.44. The van der Waals surface area contributed by atoms with Crippen molar-refractivity contribution in [3.8, 4) is 0 Å². The van der Waals surface area contributed by atoms with Crippen molar-refractivity contribution >= 4 is 0 Å². The maximum absolute atomic E-state index is 10.3. The van der Waals surface area contributed by atoms with Crippen molar-refractivity contribution in [3.05, 3.63) is 0 Å². The highest BCUT2D eigenvalue weighted by Crippen LogP contribution is 2.27. The Morgan fingerprint density at radius 2 is 1.11 bits per heavy atom. The zero-order chi connectivity index (χ0) is 28.2. The number of rotatable bonds is 11. The van der Waals surface area contributed by atoms with Crippen molar-refractivity contribution in [2.45, 2.75) is 113 Å². The molecule has 2 saturated heterocycles. The Kier molecular flexibility index (Phi) is 12.0. The lowest BCUT2D eigenvalue weighted by atomic mass is 9.86. The van der Waals surface area contributed by atoms with Crippen LogP contribution in [0.2, 0.25) is 0 Å². The van der Waals surface area contributed by atoms with E-state index in [0.717, 1.165) is 0 Å². The van der Waals surface area contributed by atoms with Gasteiger partial charge in [0.15, 0.2) is 12.6 Å². The normalized spacial score (nSPS) is 40.7. The molecule has 1 unspecified atom stereocenters. The first-order valence-electron chi connectivity index (χ1n) is 12.0. The van der Waals surface area contributed by atoms with Crippen LogP contribution in [0.3, 0.4) is 0 Å². The van der Waals surface area contributed by atoms with Gasteiger partial charge in [0.2, 0.25) is 0 Å². The summed E-state index contributed by atoms with van der Waals surface area (Å²) in [5.74, 6) is 0. The lowest BCUT2D eigenvalue weighted by Crippen LogP contribution is -2.62. The summed E-state index contributed by atoms with van der Waals surface area (Å²) in [5, 5.41) is 110. The molecule has 0 amide bonds. The average Bonchev–Trinajstić information content (AvgIpc) is 2.83. The van der Waals surface area contributed by atoms with Gasteiger partial charge in [0.25, 0.3) is 0 Å². The molecule has 15 heteroatoms. The number of hydrogen-bond acceptors (Lipinski definition) is 15. The van der Waals surface area contributed by atoms with Crippen LogP contribution in [0.5, 0.6) is 0 Å². The van der Waals surface area contributed by atoms with Crippen LogP contribution in [0, 0.1) is 5.41 Å². The predicted molar refractivity (Wildman–Crippen MR) is 120 cm³/mol.